The van der Waals surface area contributed by atoms with Crippen LogP contribution in [0.15, 0.2) is 12.1 Å². The van der Waals surface area contributed by atoms with Crippen LogP contribution in [0.25, 0.3) is 0 Å². The third kappa shape index (κ3) is 3.93. The lowest BCUT2D eigenvalue weighted by atomic mass is 9.87. The van der Waals surface area contributed by atoms with Crippen molar-refractivity contribution >= 4 is 5.97 Å². The van der Waals surface area contributed by atoms with E-state index in [0.29, 0.717) is 19.4 Å². The van der Waals surface area contributed by atoms with Crippen molar-refractivity contribution in [3.63, 3.8) is 0 Å². The summed E-state index contributed by atoms with van der Waals surface area (Å²) in [5.41, 5.74) is 1.75. The van der Waals surface area contributed by atoms with Crippen molar-refractivity contribution in [2.24, 2.45) is 5.92 Å². The van der Waals surface area contributed by atoms with E-state index in [9.17, 15) is 4.79 Å². The lowest BCUT2D eigenvalue weighted by Crippen LogP contribution is -2.26. The molecular formula is C15H21NO4. The SMILES string of the molecule is COc1cc(C)nc(COC2CCC(C(=O)O)CC2)c1. The fraction of sp³-hybridized carbons (Fsp3) is 0.600. The van der Waals surface area contributed by atoms with Gasteiger partial charge >= 0.3 is 5.97 Å². The molecule has 0 atom stereocenters. The molecule has 5 nitrogen and oxygen atoms in total. The molecule has 1 aromatic rings. The minimum absolute atomic E-state index is 0.138. The Hall–Kier alpha value is -1.62. The van der Waals surface area contributed by atoms with Gasteiger partial charge in [-0.15, -0.1) is 0 Å². The minimum Gasteiger partial charge on any atom is -0.497 e. The number of pyridine rings is 1. The Bertz CT molecular complexity index is 467. The van der Waals surface area contributed by atoms with Crippen molar-refractivity contribution in [1.29, 1.82) is 0 Å². The Labute approximate surface area is 118 Å². The minimum atomic E-state index is -0.687. The summed E-state index contributed by atoms with van der Waals surface area (Å²) < 4.78 is 11.0. The zero-order valence-electron chi connectivity index (χ0n) is 12.0. The molecule has 0 saturated heterocycles. The molecule has 0 unspecified atom stereocenters. The molecule has 1 aliphatic rings. The molecule has 110 valence electrons. The number of carbonyl (C=O) groups is 1. The van der Waals surface area contributed by atoms with Gasteiger partial charge in [-0.3, -0.25) is 9.78 Å². The van der Waals surface area contributed by atoms with E-state index in [-0.39, 0.29) is 12.0 Å². The number of aryl methyl sites for hydroxylation is 1. The van der Waals surface area contributed by atoms with E-state index < -0.39 is 5.97 Å². The Morgan fingerprint density at radius 3 is 2.65 bits per heavy atom. The fourth-order valence-electron chi connectivity index (χ4n) is 2.57. The smallest absolute Gasteiger partial charge is 0.306 e. The molecule has 1 aliphatic carbocycles. The van der Waals surface area contributed by atoms with Gasteiger partial charge in [-0.05, 0) is 32.6 Å². The first-order valence-electron chi connectivity index (χ1n) is 6.94. The molecule has 0 aliphatic heterocycles. The van der Waals surface area contributed by atoms with Gasteiger partial charge in [0.05, 0.1) is 31.4 Å². The maximum atomic E-state index is 10.9. The number of hydrogen-bond acceptors (Lipinski definition) is 4. The van der Waals surface area contributed by atoms with Crippen LogP contribution >= 0.6 is 0 Å². The van der Waals surface area contributed by atoms with Gasteiger partial charge in [0.15, 0.2) is 0 Å². The van der Waals surface area contributed by atoms with Gasteiger partial charge in [-0.1, -0.05) is 0 Å². The summed E-state index contributed by atoms with van der Waals surface area (Å²) in [7, 11) is 1.63. The van der Waals surface area contributed by atoms with Crippen molar-refractivity contribution in [3.8, 4) is 5.75 Å². The average molecular weight is 279 g/mol. The van der Waals surface area contributed by atoms with Crippen LogP contribution in [0.1, 0.15) is 37.1 Å². The topological polar surface area (TPSA) is 68.7 Å². The maximum Gasteiger partial charge on any atom is 0.306 e. The largest absolute Gasteiger partial charge is 0.497 e. The molecule has 20 heavy (non-hydrogen) atoms. The molecule has 2 rings (SSSR count). The highest BCUT2D eigenvalue weighted by molar-refractivity contribution is 5.70. The zero-order chi connectivity index (χ0) is 14.5. The van der Waals surface area contributed by atoms with Gasteiger partial charge in [0.1, 0.15) is 5.75 Å². The second-order valence-electron chi connectivity index (χ2n) is 5.26. The summed E-state index contributed by atoms with van der Waals surface area (Å²) in [4.78, 5) is 15.3. The summed E-state index contributed by atoms with van der Waals surface area (Å²) in [5.74, 6) is -0.105. The predicted octanol–water partition coefficient (Wildman–Crippen LogP) is 2.56. The number of rotatable bonds is 5. The van der Waals surface area contributed by atoms with E-state index in [1.54, 1.807) is 7.11 Å². The molecule has 0 aromatic carbocycles. The van der Waals surface area contributed by atoms with E-state index in [1.165, 1.54) is 0 Å². The maximum absolute atomic E-state index is 10.9. The van der Waals surface area contributed by atoms with Crippen LogP contribution in [0.4, 0.5) is 0 Å². The number of nitrogens with zero attached hydrogens (tertiary/aromatic N) is 1. The van der Waals surface area contributed by atoms with Crippen molar-refractivity contribution in [3.05, 3.63) is 23.5 Å². The Kier molecular flexibility index (Phi) is 4.95. The normalized spacial score (nSPS) is 22.5. The van der Waals surface area contributed by atoms with Gasteiger partial charge in [0, 0.05) is 17.8 Å². The summed E-state index contributed by atoms with van der Waals surface area (Å²) in [5, 5.41) is 8.96. The van der Waals surface area contributed by atoms with E-state index >= 15 is 0 Å². The van der Waals surface area contributed by atoms with Gasteiger partial charge in [0.2, 0.25) is 0 Å². The van der Waals surface area contributed by atoms with E-state index in [1.807, 2.05) is 19.1 Å². The molecule has 1 fully saturated rings. The second-order valence-corrected chi connectivity index (χ2v) is 5.26. The van der Waals surface area contributed by atoms with Crippen LogP contribution in [-0.4, -0.2) is 29.3 Å². The van der Waals surface area contributed by atoms with E-state index in [2.05, 4.69) is 4.98 Å². The standard InChI is InChI=1S/C15H21NO4/c1-10-7-14(19-2)8-12(16-10)9-20-13-5-3-11(4-6-13)15(17)18/h7-8,11,13H,3-6,9H2,1-2H3,(H,17,18). The first-order chi connectivity index (χ1) is 9.58. The van der Waals surface area contributed by atoms with Crippen LogP contribution in [0.2, 0.25) is 0 Å². The molecule has 1 heterocycles. The molecule has 0 spiro atoms. The zero-order valence-corrected chi connectivity index (χ0v) is 12.0. The number of ether oxygens (including phenoxy) is 2. The van der Waals surface area contributed by atoms with Crippen molar-refractivity contribution in [2.45, 2.75) is 45.3 Å². The molecule has 1 saturated carbocycles. The number of methoxy groups -OCH3 is 1. The predicted molar refractivity (Wildman–Crippen MR) is 73.7 cm³/mol. The second kappa shape index (κ2) is 6.70. The number of aromatic nitrogens is 1. The molecule has 0 amide bonds. The lowest BCUT2D eigenvalue weighted by Gasteiger charge is -2.26. The van der Waals surface area contributed by atoms with E-state index in [0.717, 1.165) is 30.0 Å². The van der Waals surface area contributed by atoms with Crippen molar-refractivity contribution in [2.75, 3.05) is 7.11 Å². The molecule has 1 N–H and O–H groups in total. The van der Waals surface area contributed by atoms with Gasteiger partial charge in [-0.25, -0.2) is 0 Å². The summed E-state index contributed by atoms with van der Waals surface area (Å²) in [6.45, 7) is 2.37. The van der Waals surface area contributed by atoms with Crippen molar-refractivity contribution in [1.82, 2.24) is 4.98 Å². The quantitative estimate of drug-likeness (QED) is 0.897. The molecular weight excluding hydrogens is 258 g/mol. The first kappa shape index (κ1) is 14.8. The summed E-state index contributed by atoms with van der Waals surface area (Å²) in [6, 6.07) is 3.75. The highest BCUT2D eigenvalue weighted by Crippen LogP contribution is 2.27. The highest BCUT2D eigenvalue weighted by atomic mass is 16.5. The summed E-state index contributed by atoms with van der Waals surface area (Å²) >= 11 is 0. The van der Waals surface area contributed by atoms with Crippen LogP contribution in [-0.2, 0) is 16.1 Å². The third-order valence-electron chi connectivity index (χ3n) is 3.71. The van der Waals surface area contributed by atoms with Crippen LogP contribution in [0.5, 0.6) is 5.75 Å². The fourth-order valence-corrected chi connectivity index (χ4v) is 2.57. The van der Waals surface area contributed by atoms with Crippen molar-refractivity contribution < 1.29 is 19.4 Å². The summed E-state index contributed by atoms with van der Waals surface area (Å²) in [6.07, 6.45) is 3.15. The Balaban J connectivity index is 1.84. The third-order valence-corrected chi connectivity index (χ3v) is 3.71. The number of hydrogen-bond donors (Lipinski definition) is 1. The van der Waals surface area contributed by atoms with Crippen LogP contribution in [0.3, 0.4) is 0 Å². The lowest BCUT2D eigenvalue weighted by molar-refractivity contribution is -0.143. The number of carboxylic acids is 1. The number of carboxylic acid groups (broad SMARTS) is 1. The average Bonchev–Trinajstić information content (AvgIpc) is 2.45. The van der Waals surface area contributed by atoms with Gasteiger partial charge in [-0.2, -0.15) is 0 Å². The van der Waals surface area contributed by atoms with Gasteiger partial charge in [0.25, 0.3) is 0 Å². The number of aliphatic carboxylic acids is 1. The van der Waals surface area contributed by atoms with Crippen LogP contribution in [0, 0.1) is 12.8 Å². The monoisotopic (exact) mass is 279 g/mol. The van der Waals surface area contributed by atoms with Gasteiger partial charge < -0.3 is 14.6 Å². The molecule has 0 radical (unpaired) electrons. The Morgan fingerprint density at radius 2 is 2.05 bits per heavy atom. The Morgan fingerprint density at radius 1 is 1.35 bits per heavy atom. The molecule has 0 bridgehead atoms. The first-order valence-corrected chi connectivity index (χ1v) is 6.94. The van der Waals surface area contributed by atoms with Crippen LogP contribution < -0.4 is 4.74 Å². The molecule has 5 heteroatoms. The highest BCUT2D eigenvalue weighted by Gasteiger charge is 2.26. The molecule has 1 aromatic heterocycles. The van der Waals surface area contributed by atoms with E-state index in [4.69, 9.17) is 14.6 Å².